The number of aliphatic hydroxyl groups excluding tert-OH is 1. The number of ether oxygens (including phenoxy) is 2. The molecule has 124 valence electrons. The third kappa shape index (κ3) is 2.11. The number of aliphatic hydroxyl groups is 1. The third-order valence-electron chi connectivity index (χ3n) is 5.39. The minimum atomic E-state index is -1.35. The van der Waals surface area contributed by atoms with Gasteiger partial charge in [-0.05, 0) is 19.8 Å². The average Bonchev–Trinajstić information content (AvgIpc) is 2.71. The first-order valence-corrected chi connectivity index (χ1v) is 7.67. The summed E-state index contributed by atoms with van der Waals surface area (Å²) >= 11 is 0. The maximum atomic E-state index is 12.4. The lowest BCUT2D eigenvalue weighted by Gasteiger charge is -2.52. The van der Waals surface area contributed by atoms with Crippen LogP contribution in [0.3, 0.4) is 0 Å². The van der Waals surface area contributed by atoms with Gasteiger partial charge >= 0.3 is 5.97 Å². The highest BCUT2D eigenvalue weighted by Gasteiger charge is 2.67. The predicted molar refractivity (Wildman–Crippen MR) is 72.0 cm³/mol. The molecule has 7 heteroatoms. The van der Waals surface area contributed by atoms with E-state index >= 15 is 0 Å². The summed E-state index contributed by atoms with van der Waals surface area (Å²) in [4.78, 5) is 35.4. The number of hydrogen-bond acceptors (Lipinski definition) is 7. The summed E-state index contributed by atoms with van der Waals surface area (Å²) in [5.41, 5.74) is -1.35. The Morgan fingerprint density at radius 3 is 2.77 bits per heavy atom. The van der Waals surface area contributed by atoms with Crippen LogP contribution >= 0.6 is 0 Å². The molecule has 0 radical (unpaired) electrons. The second-order valence-corrected chi connectivity index (χ2v) is 6.64. The van der Waals surface area contributed by atoms with Crippen LogP contribution in [-0.4, -0.2) is 41.6 Å². The summed E-state index contributed by atoms with van der Waals surface area (Å²) in [5.74, 6) is -2.95. The van der Waals surface area contributed by atoms with Crippen LogP contribution in [0.25, 0.3) is 0 Å². The topological polar surface area (TPSA) is 91.3 Å². The zero-order valence-electron chi connectivity index (χ0n) is 13.0. The van der Waals surface area contributed by atoms with Gasteiger partial charge in [0.15, 0.2) is 11.9 Å². The molecular weight excluding hydrogens is 292 g/mol. The molecule has 2 bridgehead atoms. The number of methoxy groups -OCH3 is 1. The largest absolute Gasteiger partial charge is 0.469 e. The molecule has 0 aromatic heterocycles. The van der Waals surface area contributed by atoms with Gasteiger partial charge in [0, 0.05) is 18.8 Å². The van der Waals surface area contributed by atoms with Gasteiger partial charge in [-0.15, -0.1) is 0 Å². The monoisotopic (exact) mass is 314 g/mol. The van der Waals surface area contributed by atoms with Crippen molar-refractivity contribution in [1.29, 1.82) is 0 Å². The Kier molecular flexibility index (Phi) is 3.79. The van der Waals surface area contributed by atoms with E-state index in [2.05, 4.69) is 0 Å². The number of fused-ring (bicyclic) bond motifs is 3. The number of ketones is 1. The van der Waals surface area contributed by atoms with Crippen LogP contribution in [0.5, 0.6) is 0 Å². The molecule has 3 aliphatic heterocycles. The molecule has 1 spiro atoms. The number of rotatable bonds is 2. The lowest BCUT2D eigenvalue weighted by atomic mass is 9.62. The Balaban J connectivity index is 2.03. The SMILES string of the molecule is COC(=O)[C@H](C)[C@@H]1CCC(=O)[C@@H]2CC[C@@]3(C)OO[C@]21[C@@H](O)O3. The van der Waals surface area contributed by atoms with Crippen molar-refractivity contribution in [3.8, 4) is 0 Å². The normalized spacial score (nSPS) is 45.8. The molecule has 7 nitrogen and oxygen atoms in total. The molecule has 6 atom stereocenters. The minimum Gasteiger partial charge on any atom is -0.469 e. The Labute approximate surface area is 128 Å². The number of carbonyl (C=O) groups is 2. The first kappa shape index (κ1) is 15.9. The molecule has 4 aliphatic rings. The summed E-state index contributed by atoms with van der Waals surface area (Å²) in [6, 6.07) is 0. The molecule has 1 N–H and O–H groups in total. The summed E-state index contributed by atoms with van der Waals surface area (Å²) in [6.45, 7) is 3.39. The summed E-state index contributed by atoms with van der Waals surface area (Å²) in [5, 5.41) is 10.6. The van der Waals surface area contributed by atoms with Crippen molar-refractivity contribution in [2.45, 2.75) is 57.2 Å². The zero-order valence-corrected chi connectivity index (χ0v) is 13.0. The fourth-order valence-corrected chi connectivity index (χ4v) is 4.12. The zero-order chi connectivity index (χ0) is 16.1. The molecule has 3 heterocycles. The highest BCUT2D eigenvalue weighted by Crippen LogP contribution is 2.54. The van der Waals surface area contributed by atoms with E-state index in [4.69, 9.17) is 19.2 Å². The lowest BCUT2D eigenvalue weighted by molar-refractivity contribution is -0.551. The maximum Gasteiger partial charge on any atom is 0.308 e. The number of hydrogen-bond donors (Lipinski definition) is 1. The fourth-order valence-electron chi connectivity index (χ4n) is 4.12. The van der Waals surface area contributed by atoms with Gasteiger partial charge in [-0.3, -0.25) is 9.59 Å². The van der Waals surface area contributed by atoms with Gasteiger partial charge in [0.05, 0.1) is 18.9 Å². The fraction of sp³-hybridized carbons (Fsp3) is 0.867. The van der Waals surface area contributed by atoms with Crippen LogP contribution < -0.4 is 0 Å². The van der Waals surface area contributed by atoms with Gasteiger partial charge in [-0.2, -0.15) is 0 Å². The van der Waals surface area contributed by atoms with E-state index in [1.807, 2.05) is 0 Å². The Morgan fingerprint density at radius 1 is 1.41 bits per heavy atom. The molecule has 3 saturated heterocycles. The Bertz CT molecular complexity index is 492. The first-order valence-electron chi connectivity index (χ1n) is 7.67. The smallest absolute Gasteiger partial charge is 0.308 e. The second kappa shape index (κ2) is 5.26. The van der Waals surface area contributed by atoms with Gasteiger partial charge in [0.2, 0.25) is 5.79 Å². The molecule has 22 heavy (non-hydrogen) atoms. The lowest BCUT2D eigenvalue weighted by Crippen LogP contribution is -2.66. The quantitative estimate of drug-likeness (QED) is 0.599. The maximum absolute atomic E-state index is 12.4. The molecule has 0 aromatic rings. The van der Waals surface area contributed by atoms with E-state index in [1.54, 1.807) is 13.8 Å². The number of Topliss-reactive ketones (excluding diaryl/α,β-unsaturated/α-hetero) is 1. The van der Waals surface area contributed by atoms with Gasteiger partial charge in [0.1, 0.15) is 5.78 Å². The number of esters is 1. The molecule has 4 fully saturated rings. The standard InChI is InChI=1S/C15H22O7/c1-8(12(17)19-3)9-4-5-11(16)10-6-7-14(2)20-13(18)15(9,10)22-21-14/h8-10,13,18H,4-7H2,1-3H3/t8-,9+,10+,13+,14-,15+/m1/s1. The predicted octanol–water partition coefficient (Wildman–Crippen LogP) is 0.936. The minimum absolute atomic E-state index is 0.0192. The van der Waals surface area contributed by atoms with E-state index in [0.717, 1.165) is 0 Å². The van der Waals surface area contributed by atoms with E-state index in [1.165, 1.54) is 7.11 Å². The molecule has 0 aromatic carbocycles. The summed E-state index contributed by atoms with van der Waals surface area (Å²) in [7, 11) is 1.32. The molecule has 0 unspecified atom stereocenters. The summed E-state index contributed by atoms with van der Waals surface area (Å²) < 4.78 is 10.4. The van der Waals surface area contributed by atoms with Crippen LogP contribution in [-0.2, 0) is 28.8 Å². The van der Waals surface area contributed by atoms with E-state index in [9.17, 15) is 14.7 Å². The van der Waals surface area contributed by atoms with E-state index in [-0.39, 0.29) is 5.78 Å². The Hall–Kier alpha value is -1.02. The molecular formula is C15H22O7. The Morgan fingerprint density at radius 2 is 2.14 bits per heavy atom. The number of carbonyl (C=O) groups excluding carboxylic acids is 2. The second-order valence-electron chi connectivity index (χ2n) is 6.64. The van der Waals surface area contributed by atoms with Crippen molar-refractivity contribution in [3.05, 3.63) is 0 Å². The van der Waals surface area contributed by atoms with Crippen LogP contribution in [0.15, 0.2) is 0 Å². The van der Waals surface area contributed by atoms with Gasteiger partial charge < -0.3 is 14.6 Å². The van der Waals surface area contributed by atoms with E-state index in [0.29, 0.717) is 25.7 Å². The van der Waals surface area contributed by atoms with Crippen LogP contribution in [0.4, 0.5) is 0 Å². The van der Waals surface area contributed by atoms with Crippen molar-refractivity contribution in [2.75, 3.05) is 7.11 Å². The third-order valence-corrected chi connectivity index (χ3v) is 5.39. The van der Waals surface area contributed by atoms with Gasteiger partial charge in [-0.25, -0.2) is 9.78 Å². The van der Waals surface area contributed by atoms with Crippen LogP contribution in [0.2, 0.25) is 0 Å². The highest BCUT2D eigenvalue weighted by molar-refractivity contribution is 5.84. The molecule has 1 saturated carbocycles. The van der Waals surface area contributed by atoms with Crippen molar-refractivity contribution >= 4 is 11.8 Å². The first-order chi connectivity index (χ1) is 10.3. The summed E-state index contributed by atoms with van der Waals surface area (Å²) in [6.07, 6.45) is 0.399. The van der Waals surface area contributed by atoms with Crippen LogP contribution in [0, 0.1) is 17.8 Å². The van der Waals surface area contributed by atoms with Crippen molar-refractivity contribution in [2.24, 2.45) is 17.8 Å². The van der Waals surface area contributed by atoms with Gasteiger partial charge in [-0.1, -0.05) is 6.92 Å². The highest BCUT2D eigenvalue weighted by atomic mass is 17.3. The van der Waals surface area contributed by atoms with Crippen molar-refractivity contribution in [3.63, 3.8) is 0 Å². The molecule has 1 aliphatic carbocycles. The van der Waals surface area contributed by atoms with Gasteiger partial charge in [0.25, 0.3) is 0 Å². The van der Waals surface area contributed by atoms with Crippen molar-refractivity contribution < 1.29 is 33.9 Å². The van der Waals surface area contributed by atoms with Crippen LogP contribution in [0.1, 0.15) is 39.5 Å². The van der Waals surface area contributed by atoms with Crippen molar-refractivity contribution in [1.82, 2.24) is 0 Å². The molecule has 0 amide bonds. The average molecular weight is 314 g/mol. The molecule has 4 rings (SSSR count). The van der Waals surface area contributed by atoms with E-state index < -0.39 is 41.4 Å².